The van der Waals surface area contributed by atoms with Crippen molar-refractivity contribution in [3.8, 4) is 77.9 Å². The standard InChI is InChI=1S/C55H34N2/c1-2-12-39(13-3-1)57(40-24-22-35(23-25-40)36-11-10-30-56-34-36)41-32-37(42-26-28-52-46-16-6-4-14-44(46)50-20-8-18-48(42)54(50)52)31-38(33-41)43-27-29-53-47-17-7-5-15-45(47)51-21-9-19-49(43)55(51)53/h1-34H. The van der Waals surface area contributed by atoms with Gasteiger partial charge in [0.25, 0.3) is 0 Å². The number of aromatic nitrogens is 1. The molecule has 2 aliphatic rings. The van der Waals surface area contributed by atoms with Crippen molar-refractivity contribution >= 4 is 38.6 Å². The van der Waals surface area contributed by atoms with Crippen LogP contribution in [0.3, 0.4) is 0 Å². The van der Waals surface area contributed by atoms with Crippen LogP contribution in [0.4, 0.5) is 17.1 Å². The van der Waals surface area contributed by atoms with Crippen molar-refractivity contribution in [2.45, 2.75) is 0 Å². The third kappa shape index (κ3) is 4.87. The summed E-state index contributed by atoms with van der Waals surface area (Å²) >= 11 is 0. The third-order valence-electron chi connectivity index (χ3n) is 12.0. The summed E-state index contributed by atoms with van der Waals surface area (Å²) < 4.78 is 0. The molecular weight excluding hydrogens is 689 g/mol. The molecule has 0 saturated heterocycles. The van der Waals surface area contributed by atoms with Crippen LogP contribution in [0.25, 0.3) is 99.4 Å². The van der Waals surface area contributed by atoms with Crippen LogP contribution in [-0.2, 0) is 0 Å². The molecule has 1 heterocycles. The van der Waals surface area contributed by atoms with E-state index in [0.29, 0.717) is 0 Å². The fraction of sp³-hybridized carbons (Fsp3) is 0. The van der Waals surface area contributed by atoms with Gasteiger partial charge in [-0.25, -0.2) is 0 Å². The van der Waals surface area contributed by atoms with Crippen LogP contribution in [0.5, 0.6) is 0 Å². The number of hydrogen-bond acceptors (Lipinski definition) is 2. The van der Waals surface area contributed by atoms with E-state index >= 15 is 0 Å². The smallest absolute Gasteiger partial charge is 0.0473 e. The quantitative estimate of drug-likeness (QED) is 0.170. The van der Waals surface area contributed by atoms with Crippen LogP contribution >= 0.6 is 0 Å². The molecule has 0 bridgehead atoms. The van der Waals surface area contributed by atoms with Gasteiger partial charge in [-0.05, 0) is 148 Å². The summed E-state index contributed by atoms with van der Waals surface area (Å²) in [5, 5.41) is 5.20. The molecule has 2 nitrogen and oxygen atoms in total. The van der Waals surface area contributed by atoms with Gasteiger partial charge >= 0.3 is 0 Å². The molecule has 57 heavy (non-hydrogen) atoms. The maximum Gasteiger partial charge on any atom is 0.0473 e. The number of fused-ring (bicyclic) bond motifs is 6. The van der Waals surface area contributed by atoms with E-state index in [1.54, 1.807) is 0 Å². The lowest BCUT2D eigenvalue weighted by Crippen LogP contribution is -2.10. The molecule has 0 fully saturated rings. The summed E-state index contributed by atoms with van der Waals surface area (Å²) in [6.07, 6.45) is 3.74. The summed E-state index contributed by atoms with van der Waals surface area (Å²) in [7, 11) is 0. The normalized spacial score (nSPS) is 11.9. The van der Waals surface area contributed by atoms with Gasteiger partial charge in [0.2, 0.25) is 0 Å². The lowest BCUT2D eigenvalue weighted by molar-refractivity contribution is 1.28. The Bertz CT molecular complexity index is 3010. The van der Waals surface area contributed by atoms with Crippen molar-refractivity contribution in [3.05, 3.63) is 207 Å². The highest BCUT2D eigenvalue weighted by Crippen LogP contribution is 2.52. The highest BCUT2D eigenvalue weighted by atomic mass is 15.1. The topological polar surface area (TPSA) is 16.1 Å². The van der Waals surface area contributed by atoms with Gasteiger partial charge in [-0.3, -0.25) is 4.98 Å². The molecular formula is C55H34N2. The molecule has 2 heteroatoms. The maximum atomic E-state index is 4.38. The average Bonchev–Trinajstić information content (AvgIpc) is 3.79. The monoisotopic (exact) mass is 722 g/mol. The minimum Gasteiger partial charge on any atom is -0.310 e. The highest BCUT2D eigenvalue weighted by molar-refractivity contribution is 6.20. The van der Waals surface area contributed by atoms with Crippen molar-refractivity contribution in [2.75, 3.05) is 4.90 Å². The van der Waals surface area contributed by atoms with E-state index in [1.165, 1.54) is 88.3 Å². The zero-order chi connectivity index (χ0) is 37.5. The zero-order valence-electron chi connectivity index (χ0n) is 31.0. The average molecular weight is 723 g/mol. The third-order valence-corrected chi connectivity index (χ3v) is 12.0. The van der Waals surface area contributed by atoms with Gasteiger partial charge < -0.3 is 4.90 Å². The number of para-hydroxylation sites is 1. The Morgan fingerprint density at radius 1 is 0.281 bits per heavy atom. The fourth-order valence-corrected chi connectivity index (χ4v) is 9.53. The Kier molecular flexibility index (Phi) is 6.96. The molecule has 0 aliphatic heterocycles. The lowest BCUT2D eigenvalue weighted by atomic mass is 9.89. The van der Waals surface area contributed by atoms with Gasteiger partial charge in [0, 0.05) is 29.5 Å². The lowest BCUT2D eigenvalue weighted by Gasteiger charge is -2.27. The largest absolute Gasteiger partial charge is 0.310 e. The molecule has 0 spiro atoms. The Morgan fingerprint density at radius 3 is 1.28 bits per heavy atom. The first-order valence-corrected chi connectivity index (χ1v) is 19.6. The van der Waals surface area contributed by atoms with Crippen molar-refractivity contribution in [2.24, 2.45) is 0 Å². The number of rotatable bonds is 6. The van der Waals surface area contributed by atoms with Gasteiger partial charge in [0.1, 0.15) is 0 Å². The van der Waals surface area contributed by atoms with Crippen molar-refractivity contribution < 1.29 is 0 Å². The molecule has 264 valence electrons. The van der Waals surface area contributed by atoms with Gasteiger partial charge in [0.05, 0.1) is 0 Å². The fourth-order valence-electron chi connectivity index (χ4n) is 9.53. The molecule has 0 atom stereocenters. The first-order valence-electron chi connectivity index (χ1n) is 19.6. The van der Waals surface area contributed by atoms with Crippen LogP contribution in [0.2, 0.25) is 0 Å². The summed E-state index contributed by atoms with van der Waals surface area (Å²) in [4.78, 5) is 6.77. The molecule has 12 rings (SSSR count). The first kappa shape index (κ1) is 31.8. The van der Waals surface area contributed by atoms with E-state index in [-0.39, 0.29) is 0 Å². The van der Waals surface area contributed by atoms with Crippen molar-refractivity contribution in [3.63, 3.8) is 0 Å². The number of benzene rings is 9. The number of nitrogens with zero attached hydrogens (tertiary/aromatic N) is 2. The first-order chi connectivity index (χ1) is 28.3. The molecule has 0 radical (unpaired) electrons. The van der Waals surface area contributed by atoms with E-state index in [2.05, 4.69) is 198 Å². The molecule has 2 aliphatic carbocycles. The minimum atomic E-state index is 1.09. The van der Waals surface area contributed by atoms with Crippen LogP contribution < -0.4 is 4.90 Å². The van der Waals surface area contributed by atoms with Gasteiger partial charge in [-0.2, -0.15) is 0 Å². The molecule has 1 aromatic heterocycles. The van der Waals surface area contributed by atoms with Gasteiger partial charge in [0.15, 0.2) is 0 Å². The molecule has 0 amide bonds. The SMILES string of the molecule is c1ccc(N(c2ccc(-c3cccnc3)cc2)c2cc(-c3ccc4c5c(cccc35)-c3ccccc3-4)cc(-c3ccc4c5c(cccc35)-c3ccccc3-4)c2)cc1. The zero-order valence-corrected chi connectivity index (χ0v) is 31.0. The predicted octanol–water partition coefficient (Wildman–Crippen LogP) is 15.2. The Hall–Kier alpha value is -7.55. The summed E-state index contributed by atoms with van der Waals surface area (Å²) in [6.45, 7) is 0. The molecule has 10 aromatic rings. The highest BCUT2D eigenvalue weighted by Gasteiger charge is 2.25. The molecule has 0 unspecified atom stereocenters. The Balaban J connectivity index is 1.11. The van der Waals surface area contributed by atoms with E-state index in [4.69, 9.17) is 0 Å². The second kappa shape index (κ2) is 12.5. The van der Waals surface area contributed by atoms with Gasteiger partial charge in [-0.15, -0.1) is 0 Å². The minimum absolute atomic E-state index is 1.09. The van der Waals surface area contributed by atoms with Gasteiger partial charge in [-0.1, -0.05) is 146 Å². The number of hydrogen-bond donors (Lipinski definition) is 0. The number of pyridine rings is 1. The summed E-state index contributed by atoms with van der Waals surface area (Å²) in [6, 6.07) is 71.5. The van der Waals surface area contributed by atoms with E-state index in [1.807, 2.05) is 18.5 Å². The Morgan fingerprint density at radius 2 is 0.754 bits per heavy atom. The molecule has 0 N–H and O–H groups in total. The van der Waals surface area contributed by atoms with E-state index in [0.717, 1.165) is 28.2 Å². The van der Waals surface area contributed by atoms with E-state index < -0.39 is 0 Å². The Labute approximate surface area is 331 Å². The second-order valence-corrected chi connectivity index (χ2v) is 15.1. The predicted molar refractivity (Wildman–Crippen MR) is 239 cm³/mol. The van der Waals surface area contributed by atoms with Crippen LogP contribution in [-0.4, -0.2) is 4.98 Å². The van der Waals surface area contributed by atoms with Crippen LogP contribution in [0.1, 0.15) is 0 Å². The molecule has 0 saturated carbocycles. The summed E-state index contributed by atoms with van der Waals surface area (Å²) in [5.41, 5.74) is 20.8. The summed E-state index contributed by atoms with van der Waals surface area (Å²) in [5.74, 6) is 0. The molecule has 9 aromatic carbocycles. The maximum absolute atomic E-state index is 4.38. The van der Waals surface area contributed by atoms with Crippen LogP contribution in [0.15, 0.2) is 207 Å². The van der Waals surface area contributed by atoms with Crippen molar-refractivity contribution in [1.82, 2.24) is 4.98 Å². The van der Waals surface area contributed by atoms with E-state index in [9.17, 15) is 0 Å². The second-order valence-electron chi connectivity index (χ2n) is 15.1. The van der Waals surface area contributed by atoms with Crippen molar-refractivity contribution in [1.29, 1.82) is 0 Å². The van der Waals surface area contributed by atoms with Crippen LogP contribution in [0, 0.1) is 0 Å². The number of anilines is 3.